The van der Waals surface area contributed by atoms with Crippen molar-refractivity contribution in [2.24, 2.45) is 0 Å². The molecule has 0 fully saturated rings. The predicted octanol–water partition coefficient (Wildman–Crippen LogP) is 2.08. The van der Waals surface area contributed by atoms with Crippen LogP contribution in [-0.4, -0.2) is 42.0 Å². The summed E-state index contributed by atoms with van der Waals surface area (Å²) in [4.78, 5) is 25.7. The molecule has 4 heterocycles. The van der Waals surface area contributed by atoms with Crippen LogP contribution in [0.3, 0.4) is 0 Å². The minimum atomic E-state index is -0.182. The van der Waals surface area contributed by atoms with Gasteiger partial charge in [0.25, 0.3) is 0 Å². The molecule has 0 radical (unpaired) electrons. The van der Waals surface area contributed by atoms with Gasteiger partial charge < -0.3 is 10.6 Å². The lowest BCUT2D eigenvalue weighted by Crippen LogP contribution is -2.42. The molecule has 0 saturated carbocycles. The molecule has 166 valence electrons. The monoisotopic (exact) mass is 466 g/mol. The van der Waals surface area contributed by atoms with Crippen LogP contribution in [0.2, 0.25) is 0 Å². The highest BCUT2D eigenvalue weighted by atomic mass is 15.2. The summed E-state index contributed by atoms with van der Waals surface area (Å²) in [6.45, 7) is 0. The molecule has 2 unspecified atom stereocenters. The van der Waals surface area contributed by atoms with Gasteiger partial charge in [0.2, 0.25) is 0 Å². The number of rotatable bonds is 1. The topological polar surface area (TPSA) is 197 Å². The lowest BCUT2D eigenvalue weighted by Gasteiger charge is -2.34. The molecule has 6 rings (SSSR count). The Balaban J connectivity index is 1.37. The normalized spacial score (nSPS) is 17.3. The van der Waals surface area contributed by atoms with Crippen molar-refractivity contribution in [3.8, 4) is 24.3 Å². The molecule has 2 atom stereocenters. The van der Waals surface area contributed by atoms with Crippen molar-refractivity contribution in [2.45, 2.75) is 12.1 Å². The highest BCUT2D eigenvalue weighted by Gasteiger charge is 2.30. The van der Waals surface area contributed by atoms with E-state index in [0.29, 0.717) is 22.7 Å². The highest BCUT2D eigenvalue weighted by Crippen LogP contribution is 2.32. The number of nitriles is 4. The number of fused-ring (bicyclic) bond motifs is 4. The molecule has 1 aliphatic carbocycles. The molecule has 1 aromatic carbocycles. The Bertz CT molecular complexity index is 1860. The van der Waals surface area contributed by atoms with Gasteiger partial charge in [0.05, 0.1) is 23.1 Å². The standard InChI is InChI=1S/C24H10N12/c25-7-17-19(9-27)35-23-21(33-17)29-13-3-1-11(5-15(13)31-23)12-2-4-14-16(6-12)32-24-22(30-14)34-18(8-26)20(10-28)36-24/h1-6,13,15H,(H,29,33)(H,31,35). The largest absolute Gasteiger partial charge is 0.358 e. The van der Waals surface area contributed by atoms with E-state index in [-0.39, 0.29) is 46.2 Å². The van der Waals surface area contributed by atoms with Gasteiger partial charge in [0.1, 0.15) is 24.3 Å². The molecule has 0 amide bonds. The third-order valence-corrected chi connectivity index (χ3v) is 5.78. The fourth-order valence-electron chi connectivity index (χ4n) is 4.09. The maximum Gasteiger partial charge on any atom is 0.199 e. The van der Waals surface area contributed by atoms with Gasteiger partial charge >= 0.3 is 0 Å². The maximum atomic E-state index is 9.26. The lowest BCUT2D eigenvalue weighted by atomic mass is 9.92. The van der Waals surface area contributed by atoms with E-state index < -0.39 is 0 Å². The number of nitrogens with one attached hydrogen (secondary N) is 2. The average Bonchev–Trinajstić information content (AvgIpc) is 2.92. The molecule has 36 heavy (non-hydrogen) atoms. The van der Waals surface area contributed by atoms with E-state index >= 15 is 0 Å². The summed E-state index contributed by atoms with van der Waals surface area (Å²) in [6, 6.07) is 12.8. The molecule has 12 heteroatoms. The van der Waals surface area contributed by atoms with Crippen molar-refractivity contribution in [1.82, 2.24) is 29.9 Å². The van der Waals surface area contributed by atoms with E-state index in [2.05, 4.69) is 40.5 Å². The zero-order chi connectivity index (χ0) is 24.8. The van der Waals surface area contributed by atoms with E-state index in [0.717, 1.165) is 11.1 Å². The van der Waals surface area contributed by atoms with Gasteiger partial charge in [-0.25, -0.2) is 29.9 Å². The van der Waals surface area contributed by atoms with Crippen LogP contribution in [0.1, 0.15) is 28.3 Å². The summed E-state index contributed by atoms with van der Waals surface area (Å²) in [7, 11) is 0. The van der Waals surface area contributed by atoms with Gasteiger partial charge in [-0.1, -0.05) is 24.3 Å². The van der Waals surface area contributed by atoms with Crippen LogP contribution in [0.4, 0.5) is 11.6 Å². The van der Waals surface area contributed by atoms with Crippen LogP contribution < -0.4 is 10.6 Å². The SMILES string of the molecule is N#Cc1nc2c(nc1C#N)NC1C=C(c3ccc4nc5nc(C#N)c(C#N)nc5nc4c3)C=CC1N2. The number of allylic oxidation sites excluding steroid dienone is 2. The van der Waals surface area contributed by atoms with Crippen molar-refractivity contribution in [2.75, 3.05) is 10.6 Å². The average molecular weight is 466 g/mol. The third kappa shape index (κ3) is 3.19. The second-order valence-corrected chi connectivity index (χ2v) is 7.88. The third-order valence-electron chi connectivity index (χ3n) is 5.78. The number of aromatic nitrogens is 6. The van der Waals surface area contributed by atoms with E-state index in [4.69, 9.17) is 0 Å². The predicted molar refractivity (Wildman–Crippen MR) is 125 cm³/mol. The van der Waals surface area contributed by atoms with Crippen LogP contribution >= 0.6 is 0 Å². The number of benzene rings is 1. The van der Waals surface area contributed by atoms with E-state index in [1.165, 1.54) is 0 Å². The molecule has 2 aliphatic rings. The highest BCUT2D eigenvalue weighted by molar-refractivity contribution is 5.88. The van der Waals surface area contributed by atoms with Crippen LogP contribution in [-0.2, 0) is 0 Å². The van der Waals surface area contributed by atoms with Gasteiger partial charge in [-0.05, 0) is 23.3 Å². The Labute approximate surface area is 202 Å². The molecular weight excluding hydrogens is 456 g/mol. The van der Waals surface area contributed by atoms with Gasteiger partial charge in [0.15, 0.2) is 45.7 Å². The smallest absolute Gasteiger partial charge is 0.199 e. The Morgan fingerprint density at radius 2 is 1.19 bits per heavy atom. The van der Waals surface area contributed by atoms with E-state index in [9.17, 15) is 21.0 Å². The first kappa shape index (κ1) is 20.6. The summed E-state index contributed by atoms with van der Waals surface area (Å²) < 4.78 is 0. The number of hydrogen-bond acceptors (Lipinski definition) is 12. The van der Waals surface area contributed by atoms with Crippen molar-refractivity contribution in [3.05, 3.63) is 64.8 Å². The van der Waals surface area contributed by atoms with E-state index in [1.54, 1.807) is 6.07 Å². The molecule has 1 aliphatic heterocycles. The molecule has 0 spiro atoms. The second kappa shape index (κ2) is 7.81. The van der Waals surface area contributed by atoms with Gasteiger partial charge in [-0.3, -0.25) is 0 Å². The van der Waals surface area contributed by atoms with E-state index in [1.807, 2.05) is 54.6 Å². The Morgan fingerprint density at radius 3 is 1.81 bits per heavy atom. The quantitative estimate of drug-likeness (QED) is 0.388. The molecule has 3 aromatic heterocycles. The molecule has 2 N–H and O–H groups in total. The first-order chi connectivity index (χ1) is 17.6. The van der Waals surface area contributed by atoms with Crippen molar-refractivity contribution >= 4 is 39.5 Å². The molecule has 4 aromatic rings. The number of anilines is 2. The lowest BCUT2D eigenvalue weighted by molar-refractivity contribution is 0.749. The first-order valence-corrected chi connectivity index (χ1v) is 10.6. The summed E-state index contributed by atoms with van der Waals surface area (Å²) in [5.74, 6) is 0.815. The Hall–Kier alpha value is -5.98. The van der Waals surface area contributed by atoms with Crippen LogP contribution in [0, 0.1) is 45.3 Å². The molecule has 0 bridgehead atoms. The number of hydrogen-bond donors (Lipinski definition) is 2. The minimum absolute atomic E-state index is 0.0276. The first-order valence-electron chi connectivity index (χ1n) is 10.6. The van der Waals surface area contributed by atoms with Gasteiger partial charge in [-0.15, -0.1) is 0 Å². The van der Waals surface area contributed by atoms with Crippen molar-refractivity contribution in [1.29, 1.82) is 21.0 Å². The van der Waals surface area contributed by atoms with Crippen LogP contribution in [0.25, 0.3) is 27.9 Å². The molecule has 0 saturated heterocycles. The Kier molecular flexibility index (Phi) is 4.47. The summed E-state index contributed by atoms with van der Waals surface area (Å²) in [5.41, 5.74) is 3.06. The minimum Gasteiger partial charge on any atom is -0.358 e. The zero-order valence-corrected chi connectivity index (χ0v) is 18.1. The molecule has 12 nitrogen and oxygen atoms in total. The van der Waals surface area contributed by atoms with Gasteiger partial charge in [0, 0.05) is 0 Å². The summed E-state index contributed by atoms with van der Waals surface area (Å²) >= 11 is 0. The fraction of sp³-hybridized carbons (Fsp3) is 0.0833. The summed E-state index contributed by atoms with van der Waals surface area (Å²) in [5, 5.41) is 43.4. The maximum absolute atomic E-state index is 9.26. The van der Waals surface area contributed by atoms with Gasteiger partial charge in [-0.2, -0.15) is 21.0 Å². The van der Waals surface area contributed by atoms with Crippen molar-refractivity contribution < 1.29 is 0 Å². The fourth-order valence-corrected chi connectivity index (χ4v) is 4.09. The van der Waals surface area contributed by atoms with Crippen molar-refractivity contribution in [3.63, 3.8) is 0 Å². The van der Waals surface area contributed by atoms with Crippen LogP contribution in [0.5, 0.6) is 0 Å². The van der Waals surface area contributed by atoms with Crippen LogP contribution in [0.15, 0.2) is 36.4 Å². The number of nitrogens with zero attached hydrogens (tertiary/aromatic N) is 10. The Morgan fingerprint density at radius 1 is 0.639 bits per heavy atom. The molecular formula is C24H10N12. The summed E-state index contributed by atoms with van der Waals surface area (Å²) in [6.07, 6.45) is 5.97. The second-order valence-electron chi connectivity index (χ2n) is 7.88. The zero-order valence-electron chi connectivity index (χ0n) is 18.1.